The minimum Gasteiger partial charge on any atom is -0.422 e. The molecular formula is C35H42BrClO8. The van der Waals surface area contributed by atoms with Crippen LogP contribution < -0.4 is 14.2 Å². The van der Waals surface area contributed by atoms with E-state index in [1.807, 2.05) is 41.5 Å². The predicted molar refractivity (Wildman–Crippen MR) is 178 cm³/mol. The Labute approximate surface area is 278 Å². The first-order valence-corrected chi connectivity index (χ1v) is 16.2. The Morgan fingerprint density at radius 1 is 0.756 bits per heavy atom. The van der Waals surface area contributed by atoms with Crippen LogP contribution in [0, 0.1) is 10.8 Å². The van der Waals surface area contributed by atoms with Gasteiger partial charge in [0.2, 0.25) is 5.75 Å². The number of benzene rings is 3. The topological polar surface area (TPSA) is 97.4 Å². The number of carbonyl (C=O) groups excluding carboxylic acids is 3. The molecule has 0 fully saturated rings. The number of halogens is 2. The second-order valence-electron chi connectivity index (χ2n) is 12.3. The fourth-order valence-electron chi connectivity index (χ4n) is 4.59. The highest BCUT2D eigenvalue weighted by atomic mass is 79.9. The zero-order valence-electron chi connectivity index (χ0n) is 26.8. The summed E-state index contributed by atoms with van der Waals surface area (Å²) < 4.78 is 29.4. The summed E-state index contributed by atoms with van der Waals surface area (Å²) in [6, 6.07) is 13.2. The molecule has 0 aromatic heterocycles. The molecule has 3 aromatic carbocycles. The van der Waals surface area contributed by atoms with E-state index >= 15 is 0 Å². The molecule has 3 aromatic rings. The molecule has 10 heteroatoms. The van der Waals surface area contributed by atoms with Crippen LogP contribution in [0.2, 0.25) is 5.02 Å². The highest BCUT2D eigenvalue weighted by molar-refractivity contribution is 9.10. The Morgan fingerprint density at radius 2 is 1.36 bits per heavy atom. The molecule has 0 saturated carbocycles. The van der Waals surface area contributed by atoms with Crippen molar-refractivity contribution in [3.05, 3.63) is 63.6 Å². The SMILES string of the molecule is CCOCCC(C)(C)CC(=O)Oc1cc2ccc(Cl)cc2c(OC(=O)c2cccc(Br)c2)c1OC(=O)CC(C)(C)CCOCC. The number of ether oxygens (including phenoxy) is 5. The van der Waals surface area contributed by atoms with Crippen molar-refractivity contribution in [1.29, 1.82) is 0 Å². The zero-order chi connectivity index (χ0) is 33.2. The fourth-order valence-corrected chi connectivity index (χ4v) is 5.16. The van der Waals surface area contributed by atoms with E-state index in [2.05, 4.69) is 15.9 Å². The van der Waals surface area contributed by atoms with E-state index < -0.39 is 28.7 Å². The molecule has 0 aliphatic rings. The molecule has 0 spiro atoms. The first-order chi connectivity index (χ1) is 21.2. The maximum atomic E-state index is 13.4. The number of hydrogen-bond donors (Lipinski definition) is 0. The van der Waals surface area contributed by atoms with Gasteiger partial charge in [0.15, 0.2) is 11.5 Å². The van der Waals surface area contributed by atoms with Crippen molar-refractivity contribution in [3.63, 3.8) is 0 Å². The van der Waals surface area contributed by atoms with Gasteiger partial charge in [-0.15, -0.1) is 0 Å². The lowest BCUT2D eigenvalue weighted by Gasteiger charge is -2.25. The highest BCUT2D eigenvalue weighted by Crippen LogP contribution is 2.46. The summed E-state index contributed by atoms with van der Waals surface area (Å²) in [7, 11) is 0. The van der Waals surface area contributed by atoms with Gasteiger partial charge in [-0.3, -0.25) is 9.59 Å². The van der Waals surface area contributed by atoms with Crippen molar-refractivity contribution in [3.8, 4) is 17.2 Å². The van der Waals surface area contributed by atoms with Crippen LogP contribution in [0.1, 0.15) is 77.6 Å². The Hall–Kier alpha value is -2.98. The number of carbonyl (C=O) groups is 3. The first kappa shape index (κ1) is 36.5. The van der Waals surface area contributed by atoms with E-state index in [4.69, 9.17) is 35.3 Å². The van der Waals surface area contributed by atoms with Crippen molar-refractivity contribution < 1.29 is 38.1 Å². The average molecular weight is 706 g/mol. The van der Waals surface area contributed by atoms with Gasteiger partial charge in [0, 0.05) is 41.3 Å². The average Bonchev–Trinajstić information content (AvgIpc) is 2.94. The van der Waals surface area contributed by atoms with Crippen LogP contribution in [0.3, 0.4) is 0 Å². The molecule has 8 nitrogen and oxygen atoms in total. The van der Waals surface area contributed by atoms with Crippen molar-refractivity contribution >= 4 is 56.2 Å². The molecule has 0 unspecified atom stereocenters. The van der Waals surface area contributed by atoms with Gasteiger partial charge in [-0.2, -0.15) is 0 Å². The summed E-state index contributed by atoms with van der Waals surface area (Å²) in [4.78, 5) is 40.1. The quantitative estimate of drug-likeness (QED) is 0.0828. The molecule has 0 bridgehead atoms. The molecule has 0 aliphatic carbocycles. The molecule has 0 saturated heterocycles. The maximum Gasteiger partial charge on any atom is 0.343 e. The van der Waals surface area contributed by atoms with Gasteiger partial charge in [-0.1, -0.05) is 67.4 Å². The van der Waals surface area contributed by atoms with E-state index in [-0.39, 0.29) is 35.7 Å². The van der Waals surface area contributed by atoms with Gasteiger partial charge < -0.3 is 23.7 Å². The summed E-state index contributed by atoms with van der Waals surface area (Å²) in [5.41, 5.74) is -0.623. The molecule has 45 heavy (non-hydrogen) atoms. The van der Waals surface area contributed by atoms with E-state index in [1.165, 1.54) is 0 Å². The lowest BCUT2D eigenvalue weighted by molar-refractivity contribution is -0.139. The van der Waals surface area contributed by atoms with Gasteiger partial charge in [0.25, 0.3) is 0 Å². The Morgan fingerprint density at radius 3 is 1.93 bits per heavy atom. The van der Waals surface area contributed by atoms with Crippen LogP contribution in [0.5, 0.6) is 17.2 Å². The van der Waals surface area contributed by atoms with Crippen LogP contribution in [0.15, 0.2) is 53.0 Å². The van der Waals surface area contributed by atoms with Gasteiger partial charge >= 0.3 is 17.9 Å². The third-order valence-electron chi connectivity index (χ3n) is 7.17. The predicted octanol–water partition coefficient (Wildman–Crippen LogP) is 8.97. The monoisotopic (exact) mass is 704 g/mol. The Bertz CT molecular complexity index is 1500. The van der Waals surface area contributed by atoms with E-state index in [0.29, 0.717) is 59.5 Å². The Balaban J connectivity index is 2.07. The van der Waals surface area contributed by atoms with Crippen LogP contribution in [-0.2, 0) is 19.1 Å². The number of esters is 3. The third kappa shape index (κ3) is 11.4. The van der Waals surface area contributed by atoms with Crippen LogP contribution >= 0.6 is 27.5 Å². The summed E-state index contributed by atoms with van der Waals surface area (Å²) in [5, 5.41) is 1.34. The Kier molecular flexibility index (Phi) is 13.4. The van der Waals surface area contributed by atoms with Crippen molar-refractivity contribution in [2.24, 2.45) is 10.8 Å². The standard InChI is InChI=1S/C35H42BrClO8/c1-7-41-16-14-34(3,4)21-29(38)43-28-19-23-12-13-26(37)20-27(23)31(45-33(40)24-10-9-11-25(36)18-24)32(28)44-30(39)22-35(5,6)15-17-42-8-2/h9-13,18-20H,7-8,14-17,21-22H2,1-6H3. The molecule has 0 amide bonds. The van der Waals surface area contributed by atoms with Crippen LogP contribution in [0.25, 0.3) is 10.8 Å². The van der Waals surface area contributed by atoms with E-state index in [9.17, 15) is 14.4 Å². The van der Waals surface area contributed by atoms with Crippen LogP contribution in [0.4, 0.5) is 0 Å². The lowest BCUT2D eigenvalue weighted by atomic mass is 9.86. The third-order valence-corrected chi connectivity index (χ3v) is 7.90. The lowest BCUT2D eigenvalue weighted by Crippen LogP contribution is -2.24. The van der Waals surface area contributed by atoms with Gasteiger partial charge in [-0.05, 0) is 79.3 Å². The fraction of sp³-hybridized carbons (Fsp3) is 0.457. The highest BCUT2D eigenvalue weighted by Gasteiger charge is 2.30. The van der Waals surface area contributed by atoms with Crippen molar-refractivity contribution in [2.75, 3.05) is 26.4 Å². The molecule has 0 N–H and O–H groups in total. The van der Waals surface area contributed by atoms with Crippen molar-refractivity contribution in [2.45, 2.75) is 67.2 Å². The minimum atomic E-state index is -0.701. The number of hydrogen-bond acceptors (Lipinski definition) is 8. The zero-order valence-corrected chi connectivity index (χ0v) is 29.1. The number of fused-ring (bicyclic) bond motifs is 1. The second kappa shape index (κ2) is 16.5. The smallest absolute Gasteiger partial charge is 0.343 e. The largest absolute Gasteiger partial charge is 0.422 e. The van der Waals surface area contributed by atoms with Gasteiger partial charge in [0.05, 0.1) is 18.4 Å². The molecule has 0 atom stereocenters. The molecule has 0 radical (unpaired) electrons. The molecule has 0 aliphatic heterocycles. The number of rotatable bonds is 16. The molecule has 3 rings (SSSR count). The summed E-state index contributed by atoms with van der Waals surface area (Å²) >= 11 is 9.73. The molecule has 244 valence electrons. The van der Waals surface area contributed by atoms with Gasteiger partial charge in [-0.25, -0.2) is 4.79 Å². The normalized spacial score (nSPS) is 11.8. The summed E-state index contributed by atoms with van der Waals surface area (Å²) in [5.74, 6) is -2.14. The molecular weight excluding hydrogens is 664 g/mol. The van der Waals surface area contributed by atoms with Crippen LogP contribution in [-0.4, -0.2) is 44.3 Å². The summed E-state index contributed by atoms with van der Waals surface area (Å²) in [6.45, 7) is 13.8. The minimum absolute atomic E-state index is 0.0323. The second-order valence-corrected chi connectivity index (χ2v) is 13.7. The molecule has 0 heterocycles. The summed E-state index contributed by atoms with van der Waals surface area (Å²) in [6.07, 6.45) is 1.36. The first-order valence-electron chi connectivity index (χ1n) is 15.0. The van der Waals surface area contributed by atoms with E-state index in [0.717, 1.165) is 0 Å². The van der Waals surface area contributed by atoms with Gasteiger partial charge in [0.1, 0.15) is 0 Å². The van der Waals surface area contributed by atoms with E-state index in [1.54, 1.807) is 48.5 Å². The van der Waals surface area contributed by atoms with Crippen molar-refractivity contribution in [1.82, 2.24) is 0 Å². The maximum absolute atomic E-state index is 13.4.